The molecule has 0 aliphatic carbocycles. The summed E-state index contributed by atoms with van der Waals surface area (Å²) in [5, 5.41) is 5.38. The number of benzene rings is 2. The number of fused-ring (bicyclic) bond motifs is 2. The molecule has 4 rings (SSSR count). The monoisotopic (exact) mass is 308 g/mol. The molecule has 3 N–H and O–H groups in total. The summed E-state index contributed by atoms with van der Waals surface area (Å²) in [6, 6.07) is 12.4. The number of imidazole rings is 1. The van der Waals surface area contributed by atoms with Crippen molar-refractivity contribution in [2.75, 3.05) is 17.2 Å². The Kier molecular flexibility index (Phi) is 2.97. The van der Waals surface area contributed by atoms with E-state index in [2.05, 4.69) is 20.6 Å². The number of nitrogens with zero attached hydrogens (tertiary/aromatic N) is 1. The highest BCUT2D eigenvalue weighted by Gasteiger charge is 2.18. The number of aromatic amines is 1. The van der Waals surface area contributed by atoms with E-state index in [9.17, 15) is 9.59 Å². The van der Waals surface area contributed by atoms with E-state index in [1.54, 1.807) is 18.2 Å². The molecule has 3 aromatic rings. The molecule has 2 aromatic carbocycles. The summed E-state index contributed by atoms with van der Waals surface area (Å²) in [7, 11) is 0. The van der Waals surface area contributed by atoms with E-state index in [1.165, 1.54) is 0 Å². The fraction of sp³-hybridized carbons (Fsp3) is 0.0625. The number of H-pyrrole nitrogens is 1. The Balaban J connectivity index is 1.59. The Labute approximate surface area is 130 Å². The van der Waals surface area contributed by atoms with Crippen molar-refractivity contribution in [3.8, 4) is 5.75 Å². The first-order valence-electron chi connectivity index (χ1n) is 7.02. The molecule has 114 valence electrons. The standard InChI is InChI=1S/C16H12N4O3/c21-14-8-23-13-6-5-9(7-12(13)17-14)15(22)20-16-18-10-3-1-2-4-11(10)19-16/h1-7H,8H2,(H,17,21)(H2,18,19,20,22). The molecule has 0 saturated heterocycles. The molecule has 1 aliphatic rings. The molecule has 7 heteroatoms. The zero-order valence-corrected chi connectivity index (χ0v) is 11.9. The van der Waals surface area contributed by atoms with Crippen LogP contribution in [0.1, 0.15) is 10.4 Å². The van der Waals surface area contributed by atoms with Gasteiger partial charge in [0, 0.05) is 5.56 Å². The van der Waals surface area contributed by atoms with E-state index in [-0.39, 0.29) is 18.4 Å². The number of carbonyl (C=O) groups excluding carboxylic acids is 2. The second-order valence-corrected chi connectivity index (χ2v) is 5.10. The number of hydrogen-bond donors (Lipinski definition) is 3. The first kappa shape index (κ1) is 13.3. The summed E-state index contributed by atoms with van der Waals surface area (Å²) in [5.74, 6) is 0.345. The van der Waals surface area contributed by atoms with Crippen molar-refractivity contribution in [3.63, 3.8) is 0 Å². The van der Waals surface area contributed by atoms with Gasteiger partial charge in [-0.05, 0) is 30.3 Å². The number of hydrogen-bond acceptors (Lipinski definition) is 4. The summed E-state index contributed by atoms with van der Waals surface area (Å²) in [4.78, 5) is 31.0. The molecule has 2 amide bonds. The SMILES string of the molecule is O=C1COc2ccc(C(=O)Nc3nc4ccccc4[nH]3)cc2N1. The molecule has 0 unspecified atom stereocenters. The van der Waals surface area contributed by atoms with Gasteiger partial charge in [0.2, 0.25) is 5.95 Å². The number of para-hydroxylation sites is 2. The van der Waals surface area contributed by atoms with Crippen molar-refractivity contribution in [1.82, 2.24) is 9.97 Å². The van der Waals surface area contributed by atoms with Gasteiger partial charge in [-0.2, -0.15) is 0 Å². The lowest BCUT2D eigenvalue weighted by Crippen LogP contribution is -2.25. The highest BCUT2D eigenvalue weighted by Crippen LogP contribution is 2.28. The maximum Gasteiger partial charge on any atom is 0.262 e. The van der Waals surface area contributed by atoms with E-state index < -0.39 is 0 Å². The van der Waals surface area contributed by atoms with Crippen LogP contribution in [-0.4, -0.2) is 28.4 Å². The second-order valence-electron chi connectivity index (χ2n) is 5.10. The van der Waals surface area contributed by atoms with E-state index in [1.807, 2.05) is 24.3 Å². The number of rotatable bonds is 2. The van der Waals surface area contributed by atoms with Gasteiger partial charge in [-0.1, -0.05) is 12.1 Å². The Hall–Kier alpha value is -3.35. The third-order valence-corrected chi connectivity index (χ3v) is 3.50. The van der Waals surface area contributed by atoms with Crippen LogP contribution in [0.3, 0.4) is 0 Å². The number of anilines is 2. The van der Waals surface area contributed by atoms with Gasteiger partial charge in [-0.15, -0.1) is 0 Å². The molecular weight excluding hydrogens is 296 g/mol. The second kappa shape index (κ2) is 5.13. The fourth-order valence-corrected chi connectivity index (χ4v) is 2.42. The van der Waals surface area contributed by atoms with Crippen LogP contribution in [0.4, 0.5) is 11.6 Å². The van der Waals surface area contributed by atoms with Gasteiger partial charge in [-0.25, -0.2) is 4.98 Å². The zero-order valence-electron chi connectivity index (χ0n) is 11.9. The molecular formula is C16H12N4O3. The third kappa shape index (κ3) is 2.48. The molecule has 0 bridgehead atoms. The van der Waals surface area contributed by atoms with Gasteiger partial charge in [0.25, 0.3) is 11.8 Å². The number of carbonyl (C=O) groups is 2. The topological polar surface area (TPSA) is 96.1 Å². The molecule has 0 radical (unpaired) electrons. The fourth-order valence-electron chi connectivity index (χ4n) is 2.42. The van der Waals surface area contributed by atoms with Gasteiger partial charge in [0.1, 0.15) is 5.75 Å². The Bertz CT molecular complexity index is 899. The first-order chi connectivity index (χ1) is 11.2. The summed E-state index contributed by atoms with van der Waals surface area (Å²) in [5.41, 5.74) is 2.50. The average Bonchev–Trinajstić information content (AvgIpc) is 2.96. The predicted molar refractivity (Wildman–Crippen MR) is 84.6 cm³/mol. The molecule has 1 aromatic heterocycles. The molecule has 0 atom stereocenters. The number of aromatic nitrogens is 2. The highest BCUT2D eigenvalue weighted by atomic mass is 16.5. The molecule has 0 spiro atoms. The highest BCUT2D eigenvalue weighted by molar-refractivity contribution is 6.06. The van der Waals surface area contributed by atoms with Crippen LogP contribution in [0.15, 0.2) is 42.5 Å². The van der Waals surface area contributed by atoms with Crippen molar-refractivity contribution in [2.24, 2.45) is 0 Å². The van der Waals surface area contributed by atoms with Crippen molar-refractivity contribution >= 4 is 34.5 Å². The Morgan fingerprint density at radius 3 is 2.96 bits per heavy atom. The lowest BCUT2D eigenvalue weighted by Gasteiger charge is -2.18. The molecule has 1 aliphatic heterocycles. The average molecular weight is 308 g/mol. The smallest absolute Gasteiger partial charge is 0.262 e. The Morgan fingerprint density at radius 1 is 1.22 bits per heavy atom. The maximum atomic E-state index is 12.3. The molecule has 0 fully saturated rings. The lowest BCUT2D eigenvalue weighted by molar-refractivity contribution is -0.118. The minimum absolute atomic E-state index is 0.0163. The van der Waals surface area contributed by atoms with E-state index in [0.29, 0.717) is 22.9 Å². The van der Waals surface area contributed by atoms with E-state index in [4.69, 9.17) is 4.74 Å². The van der Waals surface area contributed by atoms with Crippen LogP contribution in [-0.2, 0) is 4.79 Å². The molecule has 23 heavy (non-hydrogen) atoms. The maximum absolute atomic E-state index is 12.3. The van der Waals surface area contributed by atoms with Crippen LogP contribution in [0, 0.1) is 0 Å². The van der Waals surface area contributed by atoms with Gasteiger partial charge < -0.3 is 15.0 Å². The van der Waals surface area contributed by atoms with E-state index in [0.717, 1.165) is 11.0 Å². The van der Waals surface area contributed by atoms with Gasteiger partial charge in [0.05, 0.1) is 16.7 Å². The predicted octanol–water partition coefficient (Wildman–Crippen LogP) is 2.15. The van der Waals surface area contributed by atoms with Crippen molar-refractivity contribution in [3.05, 3.63) is 48.0 Å². The minimum Gasteiger partial charge on any atom is -0.482 e. The number of ether oxygens (including phenoxy) is 1. The summed E-state index contributed by atoms with van der Waals surface area (Å²) >= 11 is 0. The summed E-state index contributed by atoms with van der Waals surface area (Å²) in [6.07, 6.45) is 0. The van der Waals surface area contributed by atoms with Gasteiger partial charge in [-0.3, -0.25) is 14.9 Å². The number of nitrogens with one attached hydrogen (secondary N) is 3. The molecule has 0 saturated carbocycles. The van der Waals surface area contributed by atoms with Crippen LogP contribution in [0.25, 0.3) is 11.0 Å². The normalized spacial score (nSPS) is 13.1. The van der Waals surface area contributed by atoms with Crippen LogP contribution < -0.4 is 15.4 Å². The lowest BCUT2D eigenvalue weighted by atomic mass is 10.1. The van der Waals surface area contributed by atoms with Gasteiger partial charge in [0.15, 0.2) is 6.61 Å². The number of amides is 2. The first-order valence-corrected chi connectivity index (χ1v) is 7.02. The molecule has 2 heterocycles. The van der Waals surface area contributed by atoms with E-state index >= 15 is 0 Å². The minimum atomic E-state index is -0.327. The molecule has 7 nitrogen and oxygen atoms in total. The van der Waals surface area contributed by atoms with Crippen molar-refractivity contribution < 1.29 is 14.3 Å². The Morgan fingerprint density at radius 2 is 2.09 bits per heavy atom. The van der Waals surface area contributed by atoms with Crippen LogP contribution >= 0.6 is 0 Å². The van der Waals surface area contributed by atoms with Gasteiger partial charge >= 0.3 is 0 Å². The van der Waals surface area contributed by atoms with Crippen LogP contribution in [0.2, 0.25) is 0 Å². The summed E-state index contributed by atoms with van der Waals surface area (Å²) < 4.78 is 5.27. The zero-order chi connectivity index (χ0) is 15.8. The van der Waals surface area contributed by atoms with Crippen molar-refractivity contribution in [2.45, 2.75) is 0 Å². The largest absolute Gasteiger partial charge is 0.482 e. The van der Waals surface area contributed by atoms with Crippen molar-refractivity contribution in [1.29, 1.82) is 0 Å². The summed E-state index contributed by atoms with van der Waals surface area (Å²) in [6.45, 7) is -0.0163. The van der Waals surface area contributed by atoms with Crippen LogP contribution in [0.5, 0.6) is 5.75 Å². The third-order valence-electron chi connectivity index (χ3n) is 3.50. The quantitative estimate of drug-likeness (QED) is 0.676.